The fourth-order valence-electron chi connectivity index (χ4n) is 3.71. The maximum absolute atomic E-state index is 13.0. The van der Waals surface area contributed by atoms with Crippen LogP contribution in [0.1, 0.15) is 15.9 Å². The fraction of sp³-hybridized carbons (Fsp3) is 0.231. The van der Waals surface area contributed by atoms with Crippen molar-refractivity contribution in [2.24, 2.45) is 0 Å². The number of methoxy groups -OCH3 is 1. The van der Waals surface area contributed by atoms with Crippen molar-refractivity contribution in [3.63, 3.8) is 0 Å². The summed E-state index contributed by atoms with van der Waals surface area (Å²) < 4.78 is 23.9. The second kappa shape index (κ2) is 10.2. The van der Waals surface area contributed by atoms with Crippen LogP contribution in [0.3, 0.4) is 0 Å². The van der Waals surface area contributed by atoms with Crippen molar-refractivity contribution >= 4 is 17.4 Å². The number of ether oxygens (including phenoxy) is 2. The zero-order valence-corrected chi connectivity index (χ0v) is 18.4. The Morgan fingerprint density at radius 1 is 0.788 bits per heavy atom. The third kappa shape index (κ3) is 5.49. The van der Waals surface area contributed by atoms with E-state index in [0.717, 1.165) is 24.5 Å². The molecule has 7 heteroatoms. The molecular weight excluding hydrogens is 423 g/mol. The van der Waals surface area contributed by atoms with E-state index in [1.807, 2.05) is 24.3 Å². The molecule has 1 aliphatic heterocycles. The van der Waals surface area contributed by atoms with E-state index in [1.54, 1.807) is 36.3 Å². The molecule has 1 amide bonds. The number of amides is 1. The molecule has 33 heavy (non-hydrogen) atoms. The van der Waals surface area contributed by atoms with Crippen LogP contribution in [0, 0.1) is 5.82 Å². The van der Waals surface area contributed by atoms with E-state index in [9.17, 15) is 14.0 Å². The van der Waals surface area contributed by atoms with Gasteiger partial charge in [-0.1, -0.05) is 0 Å². The maximum Gasteiger partial charge on any atom is 0.260 e. The minimum Gasteiger partial charge on any atom is -0.497 e. The van der Waals surface area contributed by atoms with Crippen LogP contribution in [0.2, 0.25) is 0 Å². The second-order valence-electron chi connectivity index (χ2n) is 7.71. The first-order chi connectivity index (χ1) is 16.0. The van der Waals surface area contributed by atoms with Crippen molar-refractivity contribution in [1.29, 1.82) is 0 Å². The molecule has 0 N–H and O–H groups in total. The fourth-order valence-corrected chi connectivity index (χ4v) is 3.71. The lowest BCUT2D eigenvalue weighted by molar-refractivity contribution is -0.133. The quantitative estimate of drug-likeness (QED) is 0.515. The summed E-state index contributed by atoms with van der Waals surface area (Å²) in [6.45, 7) is 2.68. The van der Waals surface area contributed by atoms with Crippen LogP contribution in [-0.2, 0) is 4.79 Å². The Bertz CT molecular complexity index is 1090. The number of hydrogen-bond donors (Lipinski definition) is 0. The molecule has 3 aromatic rings. The highest BCUT2D eigenvalue weighted by Gasteiger charge is 2.21. The molecular formula is C26H25FN2O4. The van der Waals surface area contributed by atoms with E-state index in [2.05, 4.69) is 4.90 Å². The third-order valence-corrected chi connectivity index (χ3v) is 5.66. The highest BCUT2D eigenvalue weighted by Crippen LogP contribution is 2.21. The summed E-state index contributed by atoms with van der Waals surface area (Å²) >= 11 is 0. The number of ketones is 1. The van der Waals surface area contributed by atoms with Gasteiger partial charge in [-0.25, -0.2) is 4.39 Å². The number of carbonyl (C=O) groups excluding carboxylic acids is 2. The third-order valence-electron chi connectivity index (χ3n) is 5.66. The SMILES string of the molecule is COc1ccc(N2CCN(C(=O)COc3ccc(C(=O)c4ccc(F)cc4)cc3)CC2)cc1. The molecule has 0 spiro atoms. The van der Waals surface area contributed by atoms with Crippen molar-refractivity contribution in [1.82, 2.24) is 4.90 Å². The number of rotatable bonds is 7. The van der Waals surface area contributed by atoms with Gasteiger partial charge in [0.2, 0.25) is 0 Å². The average Bonchev–Trinajstić information content (AvgIpc) is 2.88. The van der Waals surface area contributed by atoms with E-state index in [1.165, 1.54) is 24.3 Å². The Kier molecular flexibility index (Phi) is 6.88. The molecule has 1 fully saturated rings. The van der Waals surface area contributed by atoms with Crippen LogP contribution in [0.4, 0.5) is 10.1 Å². The first-order valence-electron chi connectivity index (χ1n) is 10.7. The number of nitrogens with zero attached hydrogens (tertiary/aromatic N) is 2. The van der Waals surface area contributed by atoms with E-state index in [4.69, 9.17) is 9.47 Å². The number of halogens is 1. The Morgan fingerprint density at radius 3 is 1.91 bits per heavy atom. The van der Waals surface area contributed by atoms with Gasteiger partial charge in [-0.15, -0.1) is 0 Å². The molecule has 1 aliphatic rings. The minimum absolute atomic E-state index is 0.0617. The Morgan fingerprint density at radius 2 is 1.33 bits per heavy atom. The van der Waals surface area contributed by atoms with E-state index >= 15 is 0 Å². The van der Waals surface area contributed by atoms with Gasteiger partial charge >= 0.3 is 0 Å². The summed E-state index contributed by atoms with van der Waals surface area (Å²) in [4.78, 5) is 29.1. The first-order valence-corrected chi connectivity index (χ1v) is 10.7. The number of carbonyl (C=O) groups is 2. The van der Waals surface area contributed by atoms with Gasteiger partial charge in [0.15, 0.2) is 12.4 Å². The lowest BCUT2D eigenvalue weighted by Gasteiger charge is -2.36. The predicted molar refractivity (Wildman–Crippen MR) is 124 cm³/mol. The molecule has 3 aromatic carbocycles. The molecule has 0 aromatic heterocycles. The lowest BCUT2D eigenvalue weighted by atomic mass is 10.0. The topological polar surface area (TPSA) is 59.1 Å². The highest BCUT2D eigenvalue weighted by molar-refractivity contribution is 6.09. The van der Waals surface area contributed by atoms with Crippen LogP contribution in [-0.4, -0.2) is 56.5 Å². The van der Waals surface area contributed by atoms with Gasteiger partial charge < -0.3 is 19.3 Å². The molecule has 170 valence electrons. The number of anilines is 1. The molecule has 6 nitrogen and oxygen atoms in total. The normalized spacial score (nSPS) is 13.5. The van der Waals surface area contributed by atoms with E-state index < -0.39 is 0 Å². The van der Waals surface area contributed by atoms with Gasteiger partial charge in [0, 0.05) is 43.0 Å². The largest absolute Gasteiger partial charge is 0.497 e. The Balaban J connectivity index is 1.26. The summed E-state index contributed by atoms with van der Waals surface area (Å²) in [5, 5.41) is 0. The van der Waals surface area contributed by atoms with Gasteiger partial charge in [-0.05, 0) is 72.8 Å². The summed E-state index contributed by atoms with van der Waals surface area (Å²) in [5.41, 5.74) is 1.98. The Labute approximate surface area is 192 Å². The van der Waals surface area contributed by atoms with Gasteiger partial charge in [-0.2, -0.15) is 0 Å². The maximum atomic E-state index is 13.0. The van der Waals surface area contributed by atoms with Crippen LogP contribution in [0.25, 0.3) is 0 Å². The van der Waals surface area contributed by atoms with Crippen molar-refractivity contribution in [2.75, 3.05) is 44.8 Å². The van der Waals surface area contributed by atoms with Crippen LogP contribution in [0.5, 0.6) is 11.5 Å². The monoisotopic (exact) mass is 448 g/mol. The van der Waals surface area contributed by atoms with Crippen molar-refractivity contribution in [3.05, 3.63) is 89.7 Å². The lowest BCUT2D eigenvalue weighted by Crippen LogP contribution is -2.50. The molecule has 1 heterocycles. The summed E-state index contributed by atoms with van der Waals surface area (Å²) in [7, 11) is 1.64. The molecule has 0 aliphatic carbocycles. The summed E-state index contributed by atoms with van der Waals surface area (Å²) in [6.07, 6.45) is 0. The van der Waals surface area contributed by atoms with Gasteiger partial charge in [-0.3, -0.25) is 9.59 Å². The molecule has 0 bridgehead atoms. The van der Waals surface area contributed by atoms with Gasteiger partial charge in [0.1, 0.15) is 17.3 Å². The van der Waals surface area contributed by atoms with Crippen molar-refractivity contribution in [3.8, 4) is 11.5 Å². The van der Waals surface area contributed by atoms with Crippen LogP contribution < -0.4 is 14.4 Å². The summed E-state index contributed by atoms with van der Waals surface area (Å²) in [5.74, 6) is 0.666. The molecule has 0 unspecified atom stereocenters. The second-order valence-corrected chi connectivity index (χ2v) is 7.71. The zero-order chi connectivity index (χ0) is 23.2. The van der Waals surface area contributed by atoms with E-state index in [-0.39, 0.29) is 24.1 Å². The predicted octanol–water partition coefficient (Wildman–Crippen LogP) is 3.79. The number of piperazine rings is 1. The molecule has 0 radical (unpaired) electrons. The minimum atomic E-state index is -0.387. The molecule has 4 rings (SSSR count). The van der Waals surface area contributed by atoms with Crippen LogP contribution >= 0.6 is 0 Å². The smallest absolute Gasteiger partial charge is 0.260 e. The van der Waals surface area contributed by atoms with Crippen LogP contribution in [0.15, 0.2) is 72.8 Å². The average molecular weight is 448 g/mol. The first kappa shape index (κ1) is 22.3. The molecule has 0 saturated carbocycles. The number of hydrogen-bond acceptors (Lipinski definition) is 5. The van der Waals surface area contributed by atoms with Crippen molar-refractivity contribution in [2.45, 2.75) is 0 Å². The molecule has 0 atom stereocenters. The Hall–Kier alpha value is -3.87. The van der Waals surface area contributed by atoms with Crippen molar-refractivity contribution < 1.29 is 23.5 Å². The van der Waals surface area contributed by atoms with E-state index in [0.29, 0.717) is 30.0 Å². The number of benzene rings is 3. The standard InChI is InChI=1S/C26H25FN2O4/c1-32-23-12-8-22(9-13-23)28-14-16-29(17-15-28)25(30)18-33-24-10-4-20(5-11-24)26(31)19-2-6-21(27)7-3-19/h2-13H,14-18H2,1H3. The van der Waals surface area contributed by atoms with Gasteiger partial charge in [0.05, 0.1) is 7.11 Å². The summed E-state index contributed by atoms with van der Waals surface area (Å²) in [6, 6.07) is 19.9. The highest BCUT2D eigenvalue weighted by atomic mass is 19.1. The van der Waals surface area contributed by atoms with Gasteiger partial charge in [0.25, 0.3) is 5.91 Å². The zero-order valence-electron chi connectivity index (χ0n) is 18.4. The molecule has 1 saturated heterocycles.